The molecule has 2 rings (SSSR count). The second kappa shape index (κ2) is 6.50. The lowest BCUT2D eigenvalue weighted by molar-refractivity contribution is -0.149. The third-order valence-corrected chi connectivity index (χ3v) is 4.31. The molecule has 1 heterocycles. The van der Waals surface area contributed by atoms with Gasteiger partial charge in [0.1, 0.15) is 0 Å². The maximum absolute atomic E-state index is 12.2. The normalized spacial score (nSPS) is 22.5. The van der Waals surface area contributed by atoms with Gasteiger partial charge < -0.3 is 14.8 Å². The highest BCUT2D eigenvalue weighted by molar-refractivity contribution is 9.09. The van der Waals surface area contributed by atoms with Gasteiger partial charge in [0.05, 0.1) is 25.4 Å². The first-order valence-electron chi connectivity index (χ1n) is 6.28. The fraction of sp³-hybridized carbons (Fsp3) is 0.500. The number of hydrogen-bond acceptors (Lipinski definition) is 3. The van der Waals surface area contributed by atoms with Crippen LogP contribution in [0.3, 0.4) is 0 Å². The zero-order valence-corrected chi connectivity index (χ0v) is 12.5. The van der Waals surface area contributed by atoms with Crippen molar-refractivity contribution in [2.45, 2.75) is 18.6 Å². The van der Waals surface area contributed by atoms with Gasteiger partial charge >= 0.3 is 0 Å². The van der Waals surface area contributed by atoms with Gasteiger partial charge in [0.2, 0.25) is 0 Å². The fourth-order valence-electron chi connectivity index (χ4n) is 1.98. The molecule has 0 aliphatic carbocycles. The summed E-state index contributed by atoms with van der Waals surface area (Å²) in [6.07, 6.45) is -0.518. The second-order valence-corrected chi connectivity index (χ2v) is 5.32. The van der Waals surface area contributed by atoms with Crippen LogP contribution in [0.15, 0.2) is 30.3 Å². The molecule has 19 heavy (non-hydrogen) atoms. The van der Waals surface area contributed by atoms with Crippen LogP contribution in [0.1, 0.15) is 12.5 Å². The minimum atomic E-state index is -0.518. The average molecular weight is 328 g/mol. The first kappa shape index (κ1) is 14.5. The summed E-state index contributed by atoms with van der Waals surface area (Å²) in [4.78, 5) is 12.2. The number of hydrogen-bond donors (Lipinski definition) is 1. The molecular weight excluding hydrogens is 310 g/mol. The molecule has 2 atom stereocenters. The molecule has 0 spiro atoms. The molecule has 1 amide bonds. The molecule has 104 valence electrons. The molecule has 0 saturated carbocycles. The third kappa shape index (κ3) is 3.55. The summed E-state index contributed by atoms with van der Waals surface area (Å²) in [5.74, 6) is -0.134. The highest BCUT2D eigenvalue weighted by Crippen LogP contribution is 2.23. The van der Waals surface area contributed by atoms with E-state index in [1.165, 1.54) is 0 Å². The Bertz CT molecular complexity index is 420. The predicted molar refractivity (Wildman–Crippen MR) is 76.3 cm³/mol. The van der Waals surface area contributed by atoms with Crippen LogP contribution in [-0.4, -0.2) is 37.2 Å². The Labute approximate surface area is 121 Å². The number of halogens is 1. The van der Waals surface area contributed by atoms with Crippen molar-refractivity contribution in [3.63, 3.8) is 0 Å². The Morgan fingerprint density at radius 2 is 2.16 bits per heavy atom. The summed E-state index contributed by atoms with van der Waals surface area (Å²) in [5.41, 5.74) is 0.594. The van der Waals surface area contributed by atoms with Crippen molar-refractivity contribution >= 4 is 21.8 Å². The summed E-state index contributed by atoms with van der Waals surface area (Å²) in [6.45, 7) is 3.32. The van der Waals surface area contributed by atoms with E-state index in [9.17, 15) is 4.79 Å². The van der Waals surface area contributed by atoms with E-state index in [2.05, 4.69) is 21.2 Å². The molecule has 1 N–H and O–H groups in total. The van der Waals surface area contributed by atoms with E-state index in [0.717, 1.165) is 5.56 Å². The molecule has 0 aromatic heterocycles. The minimum Gasteiger partial charge on any atom is -0.376 e. The Hall–Kier alpha value is -0.910. The highest BCUT2D eigenvalue weighted by Gasteiger charge is 2.31. The largest absolute Gasteiger partial charge is 0.376 e. The standard InChI is InChI=1S/C14H18BrNO3/c1-14(10-15,11-5-3-2-4-6-11)16-13(17)12-9-18-7-8-19-12/h2-6,12H,7-10H2,1H3,(H,16,17). The van der Waals surface area contributed by atoms with Gasteiger partial charge in [0.15, 0.2) is 6.10 Å². The second-order valence-electron chi connectivity index (χ2n) is 4.76. The van der Waals surface area contributed by atoms with Crippen molar-refractivity contribution in [2.75, 3.05) is 25.2 Å². The molecule has 1 aromatic carbocycles. The van der Waals surface area contributed by atoms with Gasteiger partial charge in [-0.05, 0) is 12.5 Å². The number of rotatable bonds is 4. The molecule has 1 fully saturated rings. The summed E-state index contributed by atoms with van der Waals surface area (Å²) in [5, 5.41) is 3.67. The Balaban J connectivity index is 2.07. The van der Waals surface area contributed by atoms with E-state index in [4.69, 9.17) is 9.47 Å². The fourth-order valence-corrected chi connectivity index (χ4v) is 2.44. The van der Waals surface area contributed by atoms with Crippen LogP contribution in [0.25, 0.3) is 0 Å². The summed E-state index contributed by atoms with van der Waals surface area (Å²) in [6, 6.07) is 9.88. The lowest BCUT2D eigenvalue weighted by atomic mass is 9.94. The molecule has 0 bridgehead atoms. The topological polar surface area (TPSA) is 47.6 Å². The smallest absolute Gasteiger partial charge is 0.252 e. The molecular formula is C14H18BrNO3. The van der Waals surface area contributed by atoms with Crippen molar-refractivity contribution in [2.24, 2.45) is 0 Å². The van der Waals surface area contributed by atoms with Gasteiger partial charge in [-0.15, -0.1) is 0 Å². The zero-order valence-electron chi connectivity index (χ0n) is 10.9. The molecule has 1 aliphatic rings. The quantitative estimate of drug-likeness (QED) is 0.858. The van der Waals surface area contributed by atoms with Crippen LogP contribution < -0.4 is 5.32 Å². The Morgan fingerprint density at radius 1 is 1.42 bits per heavy atom. The first-order valence-corrected chi connectivity index (χ1v) is 7.41. The van der Waals surface area contributed by atoms with E-state index in [0.29, 0.717) is 25.2 Å². The SMILES string of the molecule is CC(CBr)(NC(=O)C1COCCO1)c1ccccc1. The van der Waals surface area contributed by atoms with E-state index >= 15 is 0 Å². The number of alkyl halides is 1. The average Bonchev–Trinajstić information content (AvgIpc) is 2.49. The molecule has 2 unspecified atom stereocenters. The zero-order chi connectivity index (χ0) is 13.7. The molecule has 0 radical (unpaired) electrons. The van der Waals surface area contributed by atoms with E-state index in [1.807, 2.05) is 37.3 Å². The van der Waals surface area contributed by atoms with Gasteiger partial charge in [0.25, 0.3) is 5.91 Å². The summed E-state index contributed by atoms with van der Waals surface area (Å²) >= 11 is 3.47. The number of carbonyl (C=O) groups excluding carboxylic acids is 1. The first-order chi connectivity index (χ1) is 9.15. The van der Waals surface area contributed by atoms with E-state index < -0.39 is 11.6 Å². The summed E-state index contributed by atoms with van der Waals surface area (Å²) < 4.78 is 10.7. The Kier molecular flexibility index (Phi) is 4.96. The van der Waals surface area contributed by atoms with Crippen molar-refractivity contribution in [1.82, 2.24) is 5.32 Å². The van der Waals surface area contributed by atoms with Gasteiger partial charge in [-0.25, -0.2) is 0 Å². The van der Waals surface area contributed by atoms with Gasteiger partial charge in [0, 0.05) is 5.33 Å². The highest BCUT2D eigenvalue weighted by atomic mass is 79.9. The van der Waals surface area contributed by atoms with Crippen LogP contribution in [-0.2, 0) is 19.8 Å². The van der Waals surface area contributed by atoms with Crippen LogP contribution in [0.5, 0.6) is 0 Å². The maximum Gasteiger partial charge on any atom is 0.252 e. The van der Waals surface area contributed by atoms with Crippen molar-refractivity contribution in [3.8, 4) is 0 Å². The number of benzene rings is 1. The molecule has 4 nitrogen and oxygen atoms in total. The number of ether oxygens (including phenoxy) is 2. The molecule has 1 saturated heterocycles. The van der Waals surface area contributed by atoms with Crippen LogP contribution in [0.2, 0.25) is 0 Å². The van der Waals surface area contributed by atoms with Crippen LogP contribution in [0.4, 0.5) is 0 Å². The molecule has 1 aliphatic heterocycles. The van der Waals surface area contributed by atoms with Crippen LogP contribution >= 0.6 is 15.9 Å². The minimum absolute atomic E-state index is 0.134. The maximum atomic E-state index is 12.2. The van der Waals surface area contributed by atoms with Gasteiger partial charge in [-0.1, -0.05) is 46.3 Å². The lowest BCUT2D eigenvalue weighted by Crippen LogP contribution is -2.51. The Morgan fingerprint density at radius 3 is 2.74 bits per heavy atom. The van der Waals surface area contributed by atoms with Gasteiger partial charge in [-0.2, -0.15) is 0 Å². The van der Waals surface area contributed by atoms with Gasteiger partial charge in [-0.3, -0.25) is 4.79 Å². The lowest BCUT2D eigenvalue weighted by Gasteiger charge is -2.32. The monoisotopic (exact) mass is 327 g/mol. The number of amides is 1. The van der Waals surface area contributed by atoms with E-state index in [-0.39, 0.29) is 5.91 Å². The molecule has 1 aromatic rings. The predicted octanol–water partition coefficient (Wildman–Crippen LogP) is 1.83. The third-order valence-electron chi connectivity index (χ3n) is 3.19. The number of nitrogens with one attached hydrogen (secondary N) is 1. The number of carbonyl (C=O) groups is 1. The van der Waals surface area contributed by atoms with Crippen molar-refractivity contribution in [1.29, 1.82) is 0 Å². The van der Waals surface area contributed by atoms with Crippen LogP contribution in [0, 0.1) is 0 Å². The van der Waals surface area contributed by atoms with E-state index in [1.54, 1.807) is 0 Å². The summed E-state index contributed by atoms with van der Waals surface area (Å²) in [7, 11) is 0. The molecule has 5 heteroatoms. The van der Waals surface area contributed by atoms with Crippen molar-refractivity contribution < 1.29 is 14.3 Å². The van der Waals surface area contributed by atoms with Crippen molar-refractivity contribution in [3.05, 3.63) is 35.9 Å².